The van der Waals surface area contributed by atoms with Gasteiger partial charge in [-0.15, -0.1) is 0 Å². The standard InChI is InChI=1S/C23H18BrN3O3/c24-19-11-7-17(8-12-19)22(29)25-20-13-9-18(10-14-20)23(30)27-26-21(28)15-6-16-4-2-1-3-5-16/h1-15H,(H,25,29)(H,26,28)(H,27,30)/b15-6+. The van der Waals surface area contributed by atoms with Crippen molar-refractivity contribution in [3.63, 3.8) is 0 Å². The molecule has 0 aromatic heterocycles. The molecule has 7 heteroatoms. The zero-order valence-electron chi connectivity index (χ0n) is 15.8. The molecule has 0 bridgehead atoms. The molecular weight excluding hydrogens is 446 g/mol. The van der Waals surface area contributed by atoms with Crippen LogP contribution in [0.5, 0.6) is 0 Å². The lowest BCUT2D eigenvalue weighted by Crippen LogP contribution is -2.40. The number of hydrazine groups is 1. The van der Waals surface area contributed by atoms with Crippen molar-refractivity contribution in [3.05, 3.63) is 106 Å². The second kappa shape index (κ2) is 10.2. The largest absolute Gasteiger partial charge is 0.322 e. The summed E-state index contributed by atoms with van der Waals surface area (Å²) in [6.45, 7) is 0. The van der Waals surface area contributed by atoms with Crippen molar-refractivity contribution in [2.24, 2.45) is 0 Å². The first kappa shape index (κ1) is 21.0. The Morgan fingerprint density at radius 2 is 1.30 bits per heavy atom. The zero-order valence-corrected chi connectivity index (χ0v) is 17.3. The predicted molar refractivity (Wildman–Crippen MR) is 120 cm³/mol. The molecule has 0 heterocycles. The van der Waals surface area contributed by atoms with Crippen LogP contribution in [0, 0.1) is 0 Å². The molecule has 0 saturated heterocycles. The Hall–Kier alpha value is -3.71. The molecular formula is C23H18BrN3O3. The number of halogens is 1. The SMILES string of the molecule is O=C(/C=C/c1ccccc1)NNC(=O)c1ccc(NC(=O)c2ccc(Br)cc2)cc1. The number of amides is 3. The zero-order chi connectivity index (χ0) is 21.3. The van der Waals surface area contributed by atoms with Gasteiger partial charge in [-0.1, -0.05) is 46.3 Å². The van der Waals surface area contributed by atoms with Crippen LogP contribution in [0.3, 0.4) is 0 Å². The molecule has 0 fully saturated rings. The van der Waals surface area contributed by atoms with E-state index in [0.717, 1.165) is 10.0 Å². The highest BCUT2D eigenvalue weighted by Gasteiger charge is 2.09. The molecule has 150 valence electrons. The van der Waals surface area contributed by atoms with Crippen molar-refractivity contribution in [1.29, 1.82) is 0 Å². The fourth-order valence-corrected chi connectivity index (χ4v) is 2.74. The first-order valence-electron chi connectivity index (χ1n) is 9.02. The van der Waals surface area contributed by atoms with E-state index in [1.807, 2.05) is 30.3 Å². The molecule has 0 spiro atoms. The Balaban J connectivity index is 1.51. The fraction of sp³-hybridized carbons (Fsp3) is 0. The number of hydrogen-bond acceptors (Lipinski definition) is 3. The smallest absolute Gasteiger partial charge is 0.269 e. The highest BCUT2D eigenvalue weighted by Crippen LogP contribution is 2.14. The number of nitrogens with one attached hydrogen (secondary N) is 3. The van der Waals surface area contributed by atoms with E-state index >= 15 is 0 Å². The molecule has 3 N–H and O–H groups in total. The molecule has 6 nitrogen and oxygen atoms in total. The molecule has 0 unspecified atom stereocenters. The number of carbonyl (C=O) groups excluding carboxylic acids is 3. The van der Waals surface area contributed by atoms with E-state index in [0.29, 0.717) is 16.8 Å². The Kier molecular flexibility index (Phi) is 7.13. The summed E-state index contributed by atoms with van der Waals surface area (Å²) in [6, 6.07) is 22.6. The molecule has 0 saturated carbocycles. The number of benzene rings is 3. The highest BCUT2D eigenvalue weighted by atomic mass is 79.9. The summed E-state index contributed by atoms with van der Waals surface area (Å²) < 4.78 is 0.886. The van der Waals surface area contributed by atoms with Gasteiger partial charge in [0.1, 0.15) is 0 Å². The lowest BCUT2D eigenvalue weighted by molar-refractivity contribution is -0.117. The van der Waals surface area contributed by atoms with Crippen LogP contribution in [-0.4, -0.2) is 17.7 Å². The van der Waals surface area contributed by atoms with Gasteiger partial charge in [0.25, 0.3) is 17.7 Å². The van der Waals surface area contributed by atoms with Crippen molar-refractivity contribution in [3.8, 4) is 0 Å². The van der Waals surface area contributed by atoms with E-state index in [1.54, 1.807) is 54.6 Å². The molecule has 3 aromatic carbocycles. The predicted octanol–water partition coefficient (Wildman–Crippen LogP) is 4.18. The van der Waals surface area contributed by atoms with Crippen LogP contribution in [0.25, 0.3) is 6.08 Å². The average Bonchev–Trinajstić information content (AvgIpc) is 2.77. The van der Waals surface area contributed by atoms with Gasteiger partial charge in [0.2, 0.25) is 0 Å². The molecule has 0 aliphatic rings. The van der Waals surface area contributed by atoms with Crippen LogP contribution < -0.4 is 16.2 Å². The Labute approximate surface area is 182 Å². The number of carbonyl (C=O) groups is 3. The van der Waals surface area contributed by atoms with Gasteiger partial charge in [-0.05, 0) is 60.2 Å². The molecule has 30 heavy (non-hydrogen) atoms. The van der Waals surface area contributed by atoms with Crippen molar-refractivity contribution in [2.45, 2.75) is 0 Å². The van der Waals surface area contributed by atoms with E-state index in [1.165, 1.54) is 6.08 Å². The summed E-state index contributed by atoms with van der Waals surface area (Å²) in [4.78, 5) is 36.2. The summed E-state index contributed by atoms with van der Waals surface area (Å²) in [7, 11) is 0. The van der Waals surface area contributed by atoms with Gasteiger partial charge in [-0.25, -0.2) is 0 Å². The fourth-order valence-electron chi connectivity index (χ4n) is 2.48. The van der Waals surface area contributed by atoms with E-state index < -0.39 is 11.8 Å². The van der Waals surface area contributed by atoms with Gasteiger partial charge < -0.3 is 5.32 Å². The summed E-state index contributed by atoms with van der Waals surface area (Å²) >= 11 is 3.32. The molecule has 3 amide bonds. The minimum atomic E-state index is -0.470. The topological polar surface area (TPSA) is 87.3 Å². The van der Waals surface area contributed by atoms with E-state index in [4.69, 9.17) is 0 Å². The third-order valence-electron chi connectivity index (χ3n) is 4.04. The normalized spacial score (nSPS) is 10.4. The van der Waals surface area contributed by atoms with Crippen LogP contribution in [0.1, 0.15) is 26.3 Å². The first-order valence-corrected chi connectivity index (χ1v) is 9.81. The van der Waals surface area contributed by atoms with E-state index in [2.05, 4.69) is 32.1 Å². The number of rotatable bonds is 5. The Morgan fingerprint density at radius 1 is 0.700 bits per heavy atom. The molecule has 0 aliphatic heterocycles. The molecule has 0 radical (unpaired) electrons. The molecule has 0 atom stereocenters. The highest BCUT2D eigenvalue weighted by molar-refractivity contribution is 9.10. The van der Waals surface area contributed by atoms with Crippen molar-refractivity contribution < 1.29 is 14.4 Å². The minimum absolute atomic E-state index is 0.253. The van der Waals surface area contributed by atoms with Crippen molar-refractivity contribution in [1.82, 2.24) is 10.9 Å². The number of hydrogen-bond donors (Lipinski definition) is 3. The maximum Gasteiger partial charge on any atom is 0.269 e. The van der Waals surface area contributed by atoms with Crippen LogP contribution in [0.2, 0.25) is 0 Å². The molecule has 3 rings (SSSR count). The number of anilines is 1. The monoisotopic (exact) mass is 463 g/mol. The van der Waals surface area contributed by atoms with Gasteiger partial charge in [0.05, 0.1) is 0 Å². The van der Waals surface area contributed by atoms with Crippen molar-refractivity contribution >= 4 is 45.4 Å². The van der Waals surface area contributed by atoms with Crippen LogP contribution in [0.4, 0.5) is 5.69 Å². The summed E-state index contributed by atoms with van der Waals surface area (Å²) in [5, 5.41) is 2.76. The first-order chi connectivity index (χ1) is 14.5. The van der Waals surface area contributed by atoms with Crippen LogP contribution in [-0.2, 0) is 4.79 Å². The van der Waals surface area contributed by atoms with Gasteiger partial charge in [0, 0.05) is 27.4 Å². The maximum absolute atomic E-state index is 12.2. The summed E-state index contributed by atoms with van der Waals surface area (Å²) in [5.41, 5.74) is 6.95. The lowest BCUT2D eigenvalue weighted by Gasteiger charge is -2.08. The summed E-state index contributed by atoms with van der Waals surface area (Å²) in [5.74, 6) is -1.18. The van der Waals surface area contributed by atoms with Crippen LogP contribution >= 0.6 is 15.9 Å². The van der Waals surface area contributed by atoms with Crippen LogP contribution in [0.15, 0.2) is 89.4 Å². The Morgan fingerprint density at radius 3 is 1.97 bits per heavy atom. The lowest BCUT2D eigenvalue weighted by atomic mass is 10.1. The third-order valence-corrected chi connectivity index (χ3v) is 4.57. The van der Waals surface area contributed by atoms with E-state index in [-0.39, 0.29) is 5.91 Å². The average molecular weight is 464 g/mol. The molecule has 0 aliphatic carbocycles. The van der Waals surface area contributed by atoms with E-state index in [9.17, 15) is 14.4 Å². The van der Waals surface area contributed by atoms with Gasteiger partial charge in [0.15, 0.2) is 0 Å². The quantitative estimate of drug-likeness (QED) is 0.391. The van der Waals surface area contributed by atoms with Gasteiger partial charge >= 0.3 is 0 Å². The second-order valence-corrected chi connectivity index (χ2v) is 7.14. The van der Waals surface area contributed by atoms with Gasteiger partial charge in [-0.3, -0.25) is 25.2 Å². The summed E-state index contributed by atoms with van der Waals surface area (Å²) in [6.07, 6.45) is 2.97. The minimum Gasteiger partial charge on any atom is -0.322 e. The molecule has 3 aromatic rings. The van der Waals surface area contributed by atoms with Gasteiger partial charge in [-0.2, -0.15) is 0 Å². The second-order valence-electron chi connectivity index (χ2n) is 6.23. The van der Waals surface area contributed by atoms with Crippen molar-refractivity contribution in [2.75, 3.05) is 5.32 Å². The third kappa shape index (κ3) is 6.15. The maximum atomic E-state index is 12.2. The Bertz CT molecular complexity index is 1060.